The fourth-order valence-electron chi connectivity index (χ4n) is 1.11. The Balaban J connectivity index is 2.53. The average Bonchev–Trinajstić information content (AvgIpc) is 2.30. The molecule has 0 fully saturated rings. The maximum Gasteiger partial charge on any atom is 0.355 e. The van der Waals surface area contributed by atoms with Crippen LogP contribution in [0.15, 0.2) is 11.1 Å². The van der Waals surface area contributed by atoms with E-state index in [1.54, 1.807) is 0 Å². The van der Waals surface area contributed by atoms with Gasteiger partial charge in [-0.25, -0.2) is 9.59 Å². The molecule has 0 saturated heterocycles. The highest BCUT2D eigenvalue weighted by atomic mass is 16.6. The summed E-state index contributed by atoms with van der Waals surface area (Å²) in [5, 5.41) is 0. The Morgan fingerprint density at radius 1 is 1.27 bits per heavy atom. The molecule has 0 bridgehead atoms. The lowest BCUT2D eigenvalue weighted by molar-refractivity contribution is -0.150. The first-order valence-corrected chi connectivity index (χ1v) is 3.27. The molecule has 2 aliphatic rings. The van der Waals surface area contributed by atoms with E-state index in [2.05, 4.69) is 16.6 Å². The van der Waals surface area contributed by atoms with Crippen LogP contribution < -0.4 is 0 Å². The van der Waals surface area contributed by atoms with Crippen molar-refractivity contribution >= 4 is 11.9 Å². The maximum atomic E-state index is 10.9. The molecule has 0 aromatic carbocycles. The van der Waals surface area contributed by atoms with Gasteiger partial charge in [0.25, 0.3) is 0 Å². The van der Waals surface area contributed by atoms with Crippen molar-refractivity contribution in [3.63, 3.8) is 0 Å². The molecule has 3 nitrogen and oxygen atoms in total. The number of carbonyl (C=O) groups is 2. The minimum absolute atomic E-state index is 0.265. The molecule has 1 aliphatic carbocycles. The predicted molar refractivity (Wildman–Crippen MR) is 35.1 cm³/mol. The molecule has 0 unspecified atom stereocenters. The third-order valence-corrected chi connectivity index (χ3v) is 1.65. The zero-order valence-electron chi connectivity index (χ0n) is 5.64. The molecule has 0 atom stereocenters. The number of cyclic esters (lactones) is 2. The fraction of sp³-hybridized carbons (Fsp3) is 0.250. The van der Waals surface area contributed by atoms with E-state index < -0.39 is 11.9 Å². The van der Waals surface area contributed by atoms with Gasteiger partial charge < -0.3 is 4.74 Å². The van der Waals surface area contributed by atoms with E-state index in [9.17, 15) is 9.59 Å². The Kier molecular flexibility index (Phi) is 1.10. The first-order valence-electron chi connectivity index (χ1n) is 3.27. The lowest BCUT2D eigenvalue weighted by Gasteiger charge is -1.96. The molecule has 0 radical (unpaired) electrons. The van der Waals surface area contributed by atoms with Gasteiger partial charge in [-0.15, -0.1) is 0 Å². The molecule has 2 rings (SSSR count). The third kappa shape index (κ3) is 0.761. The Hall–Kier alpha value is -1.56. The van der Waals surface area contributed by atoms with Crippen molar-refractivity contribution in [1.29, 1.82) is 0 Å². The molecule has 0 aromatic heterocycles. The van der Waals surface area contributed by atoms with Crippen LogP contribution in [0.4, 0.5) is 0 Å². The van der Waals surface area contributed by atoms with Crippen LogP contribution >= 0.6 is 0 Å². The maximum absolute atomic E-state index is 10.9. The Morgan fingerprint density at radius 2 is 2.09 bits per heavy atom. The van der Waals surface area contributed by atoms with Gasteiger partial charge in [-0.3, -0.25) is 0 Å². The molecule has 0 aromatic rings. The summed E-state index contributed by atoms with van der Waals surface area (Å²) in [7, 11) is 0. The van der Waals surface area contributed by atoms with E-state index in [0.29, 0.717) is 18.4 Å². The molecule has 0 spiro atoms. The van der Waals surface area contributed by atoms with Crippen LogP contribution in [-0.2, 0) is 14.3 Å². The highest BCUT2D eigenvalue weighted by Gasteiger charge is 2.32. The zero-order valence-corrected chi connectivity index (χ0v) is 5.64. The van der Waals surface area contributed by atoms with Crippen LogP contribution in [0.25, 0.3) is 0 Å². The molecule has 11 heavy (non-hydrogen) atoms. The highest BCUT2D eigenvalue weighted by Crippen LogP contribution is 2.23. The second-order valence-electron chi connectivity index (χ2n) is 2.33. The minimum atomic E-state index is -0.586. The standard InChI is InChI=1S/C8H4O3/c9-7-5-3-1-2-4-6(5)8(10)11-7/h1,3H2. The van der Waals surface area contributed by atoms with Gasteiger partial charge >= 0.3 is 11.9 Å². The van der Waals surface area contributed by atoms with E-state index in [4.69, 9.17) is 0 Å². The smallest absolute Gasteiger partial charge is 0.355 e. The SMILES string of the molecule is O=C1OC(=O)C2=C1C#CCC2. The number of rotatable bonds is 0. The van der Waals surface area contributed by atoms with Crippen molar-refractivity contribution in [2.45, 2.75) is 12.8 Å². The average molecular weight is 148 g/mol. The summed E-state index contributed by atoms with van der Waals surface area (Å²) in [4.78, 5) is 21.7. The summed E-state index contributed by atoms with van der Waals surface area (Å²) in [6, 6.07) is 0. The van der Waals surface area contributed by atoms with Gasteiger partial charge in [-0.05, 0) is 6.42 Å². The molecule has 1 heterocycles. The lowest BCUT2D eigenvalue weighted by Crippen LogP contribution is -2.01. The molecule has 0 saturated carbocycles. The van der Waals surface area contributed by atoms with Gasteiger partial charge in [-0.1, -0.05) is 11.8 Å². The van der Waals surface area contributed by atoms with Crippen LogP contribution in [0.5, 0.6) is 0 Å². The Bertz CT molecular complexity index is 338. The number of esters is 2. The molecule has 0 amide bonds. The minimum Gasteiger partial charge on any atom is -0.385 e. The summed E-state index contributed by atoms with van der Waals surface area (Å²) in [6.07, 6.45) is 1.19. The second kappa shape index (κ2) is 1.96. The molecule has 54 valence electrons. The van der Waals surface area contributed by atoms with Gasteiger partial charge in [0, 0.05) is 6.42 Å². The van der Waals surface area contributed by atoms with Crippen molar-refractivity contribution in [2.24, 2.45) is 0 Å². The first-order chi connectivity index (χ1) is 5.29. The van der Waals surface area contributed by atoms with Crippen molar-refractivity contribution in [2.75, 3.05) is 0 Å². The lowest BCUT2D eigenvalue weighted by atomic mass is 10.0. The molecule has 1 aliphatic heterocycles. The van der Waals surface area contributed by atoms with E-state index in [1.807, 2.05) is 0 Å². The summed E-state index contributed by atoms with van der Waals surface area (Å²) < 4.78 is 4.35. The Labute approximate surface area is 63.0 Å². The van der Waals surface area contributed by atoms with Gasteiger partial charge in [0.05, 0.1) is 5.57 Å². The molecule has 3 heteroatoms. The number of ether oxygens (including phenoxy) is 1. The van der Waals surface area contributed by atoms with Crippen LogP contribution in [0.1, 0.15) is 12.8 Å². The van der Waals surface area contributed by atoms with Crippen molar-refractivity contribution in [3.05, 3.63) is 11.1 Å². The topological polar surface area (TPSA) is 43.4 Å². The quantitative estimate of drug-likeness (QED) is 0.279. The molecule has 0 N–H and O–H groups in total. The van der Waals surface area contributed by atoms with Crippen LogP contribution in [0.2, 0.25) is 0 Å². The summed E-state index contributed by atoms with van der Waals surface area (Å²) in [5.41, 5.74) is 0.718. The van der Waals surface area contributed by atoms with Gasteiger partial charge in [-0.2, -0.15) is 0 Å². The van der Waals surface area contributed by atoms with Crippen molar-refractivity contribution in [3.8, 4) is 11.8 Å². The number of carbonyl (C=O) groups excluding carboxylic acids is 2. The first kappa shape index (κ1) is 6.17. The largest absolute Gasteiger partial charge is 0.385 e. The monoisotopic (exact) mass is 148 g/mol. The van der Waals surface area contributed by atoms with Gasteiger partial charge in [0.15, 0.2) is 0 Å². The molecular formula is C8H4O3. The van der Waals surface area contributed by atoms with Crippen molar-refractivity contribution < 1.29 is 14.3 Å². The van der Waals surface area contributed by atoms with Crippen LogP contribution in [-0.4, -0.2) is 11.9 Å². The zero-order chi connectivity index (χ0) is 7.84. The van der Waals surface area contributed by atoms with Gasteiger partial charge in [0.1, 0.15) is 5.57 Å². The second-order valence-corrected chi connectivity index (χ2v) is 2.33. The summed E-state index contributed by atoms with van der Waals surface area (Å²) in [5.74, 6) is 4.24. The summed E-state index contributed by atoms with van der Waals surface area (Å²) >= 11 is 0. The van der Waals surface area contributed by atoms with E-state index in [-0.39, 0.29) is 5.57 Å². The van der Waals surface area contributed by atoms with E-state index in [0.717, 1.165) is 0 Å². The van der Waals surface area contributed by atoms with Crippen LogP contribution in [0, 0.1) is 11.8 Å². The Morgan fingerprint density at radius 3 is 2.82 bits per heavy atom. The number of hydrogen-bond acceptors (Lipinski definition) is 3. The fourth-order valence-corrected chi connectivity index (χ4v) is 1.11. The van der Waals surface area contributed by atoms with Crippen LogP contribution in [0.3, 0.4) is 0 Å². The predicted octanol–water partition coefficient (Wildman–Crippen LogP) is 0.164. The normalized spacial score (nSPS) is 20.7. The van der Waals surface area contributed by atoms with E-state index >= 15 is 0 Å². The molecular weight excluding hydrogens is 144 g/mol. The third-order valence-electron chi connectivity index (χ3n) is 1.65. The number of hydrogen-bond donors (Lipinski definition) is 0. The summed E-state index contributed by atoms with van der Waals surface area (Å²) in [6.45, 7) is 0. The highest BCUT2D eigenvalue weighted by molar-refractivity contribution is 6.15. The van der Waals surface area contributed by atoms with E-state index in [1.165, 1.54) is 0 Å². The van der Waals surface area contributed by atoms with Gasteiger partial charge in [0.2, 0.25) is 0 Å². The van der Waals surface area contributed by atoms with Crippen molar-refractivity contribution in [1.82, 2.24) is 0 Å².